The van der Waals surface area contributed by atoms with Crippen LogP contribution >= 0.6 is 11.6 Å². The molecule has 0 radical (unpaired) electrons. The second kappa shape index (κ2) is 9.98. The van der Waals surface area contributed by atoms with E-state index < -0.39 is 17.8 Å². The third-order valence-corrected chi connectivity index (χ3v) is 5.31. The normalized spacial score (nSPS) is 18.4. The van der Waals surface area contributed by atoms with Crippen molar-refractivity contribution in [3.8, 4) is 0 Å². The molecule has 1 N–H and O–H groups in total. The Morgan fingerprint density at radius 3 is 2.33 bits per heavy atom. The summed E-state index contributed by atoms with van der Waals surface area (Å²) in [6.45, 7) is 2.78. The number of imide groups is 2. The standard InChI is InChI=1S/C19H24ClN5O5/c1-30-11-10-24-17(27)18(28)25(19(24)29)13-23-8-6-22(7-9-23)12-16(26)21-15-5-3-2-4-14(15)20/h2-5H,6-13H2,1H3,(H,21,26). The first kappa shape index (κ1) is 22.2. The van der Waals surface area contributed by atoms with Gasteiger partial charge in [-0.3, -0.25) is 29.1 Å². The molecule has 0 bridgehead atoms. The largest absolute Gasteiger partial charge is 0.383 e. The van der Waals surface area contributed by atoms with Crippen LogP contribution in [-0.4, -0.2) is 103 Å². The molecule has 0 saturated carbocycles. The average molecular weight is 438 g/mol. The van der Waals surface area contributed by atoms with Crippen LogP contribution in [0.1, 0.15) is 0 Å². The molecule has 2 fully saturated rings. The van der Waals surface area contributed by atoms with Gasteiger partial charge in [0.1, 0.15) is 0 Å². The van der Waals surface area contributed by atoms with E-state index in [2.05, 4.69) is 5.32 Å². The molecule has 10 nitrogen and oxygen atoms in total. The molecule has 1 aromatic rings. The number of benzene rings is 1. The average Bonchev–Trinajstić information content (AvgIpc) is 2.93. The highest BCUT2D eigenvalue weighted by molar-refractivity contribution is 6.44. The smallest absolute Gasteiger partial charge is 0.335 e. The van der Waals surface area contributed by atoms with E-state index in [1.807, 2.05) is 9.80 Å². The Hall–Kier alpha value is -2.53. The molecule has 11 heteroatoms. The molecular formula is C19H24ClN5O5. The van der Waals surface area contributed by atoms with Gasteiger partial charge in [0.05, 0.1) is 37.1 Å². The summed E-state index contributed by atoms with van der Waals surface area (Å²) in [6, 6.07) is 6.40. The van der Waals surface area contributed by atoms with Gasteiger partial charge in [0.2, 0.25) is 5.91 Å². The number of hydrogen-bond donors (Lipinski definition) is 1. The number of rotatable bonds is 8. The zero-order valence-corrected chi connectivity index (χ0v) is 17.4. The van der Waals surface area contributed by atoms with Gasteiger partial charge in [-0.15, -0.1) is 0 Å². The monoisotopic (exact) mass is 437 g/mol. The second-order valence-corrected chi connectivity index (χ2v) is 7.44. The van der Waals surface area contributed by atoms with Gasteiger partial charge in [0.25, 0.3) is 0 Å². The van der Waals surface area contributed by atoms with E-state index in [1.54, 1.807) is 24.3 Å². The van der Waals surface area contributed by atoms with Crippen molar-refractivity contribution in [2.24, 2.45) is 0 Å². The van der Waals surface area contributed by atoms with Gasteiger partial charge in [0.15, 0.2) is 0 Å². The number of carbonyl (C=O) groups excluding carboxylic acids is 4. The van der Waals surface area contributed by atoms with Gasteiger partial charge < -0.3 is 10.1 Å². The minimum atomic E-state index is -0.827. The molecule has 162 valence electrons. The van der Waals surface area contributed by atoms with Gasteiger partial charge in [0, 0.05) is 33.3 Å². The highest BCUT2D eigenvalue weighted by atomic mass is 35.5. The molecule has 3 rings (SSSR count). The van der Waals surface area contributed by atoms with Crippen LogP contribution in [-0.2, 0) is 19.1 Å². The molecule has 0 atom stereocenters. The fourth-order valence-corrected chi connectivity index (χ4v) is 3.48. The summed E-state index contributed by atoms with van der Waals surface area (Å²) in [7, 11) is 1.46. The lowest BCUT2D eigenvalue weighted by Gasteiger charge is -2.35. The highest BCUT2D eigenvalue weighted by Gasteiger charge is 2.44. The van der Waals surface area contributed by atoms with Crippen molar-refractivity contribution >= 4 is 41.0 Å². The Balaban J connectivity index is 1.46. The topological polar surface area (TPSA) is 102 Å². The number of anilines is 1. The van der Waals surface area contributed by atoms with E-state index in [-0.39, 0.29) is 32.3 Å². The number of ether oxygens (including phenoxy) is 1. The van der Waals surface area contributed by atoms with Crippen molar-refractivity contribution in [2.45, 2.75) is 0 Å². The number of piperazine rings is 1. The summed E-state index contributed by atoms with van der Waals surface area (Å²) in [6.07, 6.45) is 0. The number of amides is 5. The molecule has 2 aliphatic rings. The first-order chi connectivity index (χ1) is 14.4. The van der Waals surface area contributed by atoms with E-state index >= 15 is 0 Å². The molecule has 0 unspecified atom stereocenters. The fourth-order valence-electron chi connectivity index (χ4n) is 3.30. The predicted molar refractivity (Wildman–Crippen MR) is 109 cm³/mol. The van der Waals surface area contributed by atoms with Crippen molar-refractivity contribution < 1.29 is 23.9 Å². The molecular weight excluding hydrogens is 414 g/mol. The number of para-hydroxylation sites is 1. The minimum absolute atomic E-state index is 0.0464. The molecule has 0 aliphatic carbocycles. The highest BCUT2D eigenvalue weighted by Crippen LogP contribution is 2.20. The van der Waals surface area contributed by atoms with E-state index in [1.165, 1.54) is 7.11 Å². The van der Waals surface area contributed by atoms with Gasteiger partial charge in [-0.1, -0.05) is 23.7 Å². The Morgan fingerprint density at radius 2 is 1.67 bits per heavy atom. The molecule has 1 aromatic carbocycles. The second-order valence-electron chi connectivity index (χ2n) is 7.03. The zero-order chi connectivity index (χ0) is 21.7. The number of methoxy groups -OCH3 is 1. The quantitative estimate of drug-likeness (QED) is 0.460. The van der Waals surface area contributed by atoms with Crippen molar-refractivity contribution in [3.63, 3.8) is 0 Å². The summed E-state index contributed by atoms with van der Waals surface area (Å²) >= 11 is 6.05. The Morgan fingerprint density at radius 1 is 1.03 bits per heavy atom. The van der Waals surface area contributed by atoms with Crippen LogP contribution in [0.4, 0.5) is 10.5 Å². The van der Waals surface area contributed by atoms with Crippen molar-refractivity contribution in [1.29, 1.82) is 0 Å². The Bertz CT molecular complexity index is 827. The van der Waals surface area contributed by atoms with Gasteiger partial charge >= 0.3 is 17.8 Å². The first-order valence-electron chi connectivity index (χ1n) is 9.56. The summed E-state index contributed by atoms with van der Waals surface area (Å²) in [5, 5.41) is 3.27. The van der Waals surface area contributed by atoms with Crippen LogP contribution in [0.15, 0.2) is 24.3 Å². The third-order valence-electron chi connectivity index (χ3n) is 4.98. The summed E-state index contributed by atoms with van der Waals surface area (Å²) < 4.78 is 4.88. The van der Waals surface area contributed by atoms with Crippen LogP contribution in [0, 0.1) is 0 Å². The van der Waals surface area contributed by atoms with Crippen LogP contribution in [0.2, 0.25) is 5.02 Å². The molecule has 30 heavy (non-hydrogen) atoms. The number of halogens is 1. The van der Waals surface area contributed by atoms with Crippen LogP contribution in [0.25, 0.3) is 0 Å². The number of hydrogen-bond acceptors (Lipinski definition) is 7. The maximum atomic E-state index is 12.4. The van der Waals surface area contributed by atoms with Crippen LogP contribution in [0.5, 0.6) is 0 Å². The molecule has 5 amide bonds. The van der Waals surface area contributed by atoms with Crippen molar-refractivity contribution in [1.82, 2.24) is 19.6 Å². The summed E-state index contributed by atoms with van der Waals surface area (Å²) in [5.74, 6) is -1.81. The van der Waals surface area contributed by atoms with Crippen LogP contribution in [0.3, 0.4) is 0 Å². The lowest BCUT2D eigenvalue weighted by atomic mass is 10.3. The van der Waals surface area contributed by atoms with Crippen molar-refractivity contribution in [2.75, 3.05) is 65.0 Å². The number of nitrogens with one attached hydrogen (secondary N) is 1. The van der Waals surface area contributed by atoms with Gasteiger partial charge in [-0.25, -0.2) is 9.69 Å². The lowest BCUT2D eigenvalue weighted by molar-refractivity contribution is -0.144. The lowest BCUT2D eigenvalue weighted by Crippen LogP contribution is -2.52. The maximum Gasteiger partial charge on any atom is 0.335 e. The molecule has 0 spiro atoms. The molecule has 2 aliphatic heterocycles. The molecule has 2 heterocycles. The molecule has 0 aromatic heterocycles. The van der Waals surface area contributed by atoms with E-state index in [0.717, 1.165) is 9.80 Å². The molecule has 2 saturated heterocycles. The zero-order valence-electron chi connectivity index (χ0n) is 16.7. The maximum absolute atomic E-state index is 12.4. The Labute approximate surface area is 179 Å². The predicted octanol–water partition coefficient (Wildman–Crippen LogP) is 0.291. The fraction of sp³-hybridized carbons (Fsp3) is 0.474. The summed E-state index contributed by atoms with van der Waals surface area (Å²) in [4.78, 5) is 54.5. The first-order valence-corrected chi connectivity index (χ1v) is 9.94. The SMILES string of the molecule is COCCN1C(=O)C(=O)N(CN2CCN(CC(=O)Nc3ccccc3Cl)CC2)C1=O. The number of nitrogens with zero attached hydrogens (tertiary/aromatic N) is 4. The number of carbonyl (C=O) groups is 4. The number of urea groups is 1. The Kier molecular flexibility index (Phi) is 7.38. The van der Waals surface area contributed by atoms with E-state index in [4.69, 9.17) is 16.3 Å². The third kappa shape index (κ3) is 5.14. The summed E-state index contributed by atoms with van der Waals surface area (Å²) in [5.41, 5.74) is 0.566. The van der Waals surface area contributed by atoms with E-state index in [0.29, 0.717) is 36.9 Å². The van der Waals surface area contributed by atoms with Gasteiger partial charge in [-0.05, 0) is 12.1 Å². The van der Waals surface area contributed by atoms with Crippen molar-refractivity contribution in [3.05, 3.63) is 29.3 Å². The van der Waals surface area contributed by atoms with Crippen LogP contribution < -0.4 is 5.32 Å². The van der Waals surface area contributed by atoms with E-state index in [9.17, 15) is 19.2 Å². The van der Waals surface area contributed by atoms with Gasteiger partial charge in [-0.2, -0.15) is 0 Å². The minimum Gasteiger partial charge on any atom is -0.383 e.